The number of hydrogen-bond donors (Lipinski definition) is 2. The van der Waals surface area contributed by atoms with Gasteiger partial charge >= 0.3 is 5.97 Å². The van der Waals surface area contributed by atoms with E-state index in [4.69, 9.17) is 4.74 Å². The highest BCUT2D eigenvalue weighted by Gasteiger charge is 2.30. The van der Waals surface area contributed by atoms with E-state index >= 15 is 0 Å². The van der Waals surface area contributed by atoms with Crippen molar-refractivity contribution >= 4 is 28.3 Å². The minimum atomic E-state index is -0.468. The lowest BCUT2D eigenvalue weighted by Gasteiger charge is -2.28. The van der Waals surface area contributed by atoms with E-state index in [0.717, 1.165) is 31.5 Å². The van der Waals surface area contributed by atoms with Crippen molar-refractivity contribution in [1.29, 1.82) is 0 Å². The Kier molecular flexibility index (Phi) is 8.00. The quantitative estimate of drug-likeness (QED) is 0.450. The Morgan fingerprint density at radius 3 is 2.08 bits per heavy atom. The first-order valence-electron chi connectivity index (χ1n) is 13.4. The predicted molar refractivity (Wildman–Crippen MR) is 148 cm³/mol. The van der Waals surface area contributed by atoms with Gasteiger partial charge in [-0.2, -0.15) is 0 Å². The summed E-state index contributed by atoms with van der Waals surface area (Å²) in [7, 11) is 0. The maximum Gasteiger partial charge on any atom is 0.357 e. The smallest absolute Gasteiger partial charge is 0.357 e. The number of benzene rings is 1. The van der Waals surface area contributed by atoms with Crippen LogP contribution in [-0.2, 0) is 15.6 Å². The minimum absolute atomic E-state index is 0.202. The summed E-state index contributed by atoms with van der Waals surface area (Å²) in [5, 5.41) is 15.7. The van der Waals surface area contributed by atoms with Gasteiger partial charge in [-0.15, -0.1) is 11.3 Å². The van der Waals surface area contributed by atoms with E-state index in [1.807, 2.05) is 41.5 Å². The molecule has 7 nitrogen and oxygen atoms in total. The maximum absolute atomic E-state index is 13.1. The first-order chi connectivity index (χ1) is 17.3. The second-order valence-corrected chi connectivity index (χ2v) is 13.6. The van der Waals surface area contributed by atoms with Crippen molar-refractivity contribution in [1.82, 2.24) is 9.88 Å². The van der Waals surface area contributed by atoms with Gasteiger partial charge in [-0.05, 0) is 60.5 Å². The van der Waals surface area contributed by atoms with Gasteiger partial charge in [0.2, 0.25) is 0 Å². The second-order valence-electron chi connectivity index (χ2n) is 12.7. The number of fused-ring (bicyclic) bond motifs is 4. The van der Waals surface area contributed by atoms with E-state index in [9.17, 15) is 14.7 Å². The van der Waals surface area contributed by atoms with Crippen molar-refractivity contribution in [3.05, 3.63) is 39.9 Å². The van der Waals surface area contributed by atoms with E-state index in [-0.39, 0.29) is 28.2 Å². The molecule has 2 saturated heterocycles. The van der Waals surface area contributed by atoms with Crippen LogP contribution in [0.1, 0.15) is 99.2 Å². The van der Waals surface area contributed by atoms with Crippen LogP contribution in [0.3, 0.4) is 0 Å². The number of phenolic OH excluding ortho intramolecular Hbond substituents is 1. The molecule has 0 unspecified atom stereocenters. The molecule has 202 valence electrons. The molecule has 3 aliphatic rings. The molecule has 1 saturated carbocycles. The van der Waals surface area contributed by atoms with Gasteiger partial charge in [0.25, 0.3) is 5.91 Å². The number of nitrogens with one attached hydrogen (secondary N) is 1. The zero-order valence-electron chi connectivity index (χ0n) is 23.0. The number of carbonyl (C=O) groups is 2. The largest absolute Gasteiger partial charge is 0.507 e. The molecule has 0 radical (unpaired) electrons. The number of phenols is 1. The zero-order valence-corrected chi connectivity index (χ0v) is 23.8. The van der Waals surface area contributed by atoms with Crippen LogP contribution in [0.4, 0.5) is 5.13 Å². The second kappa shape index (κ2) is 10.7. The van der Waals surface area contributed by atoms with Crippen LogP contribution in [0, 0.1) is 11.8 Å². The number of aromatic nitrogens is 1. The number of carbonyl (C=O) groups excluding carboxylic acids is 2. The molecular weight excluding hydrogens is 486 g/mol. The molecule has 1 amide bonds. The van der Waals surface area contributed by atoms with Gasteiger partial charge in [-0.3, -0.25) is 15.0 Å². The molecule has 2 N–H and O–H groups in total. The standard InChI is InChI=1S/C29H41N3O4S/c1-28(2,3)21-13-20(14-22(24(21)33)29(4,5)6)25(34)31-27-30-23(17-37-27)26(35)36-12-11-32-15-18-7-8-19(16-32)10-9-18/h13-14,17-19,33H,7-12,15-16H2,1-6H3,(H,30,31,34). The van der Waals surface area contributed by atoms with Crippen LogP contribution in [0.2, 0.25) is 0 Å². The van der Waals surface area contributed by atoms with Crippen molar-refractivity contribution in [2.75, 3.05) is 31.6 Å². The Hall–Kier alpha value is -2.45. The van der Waals surface area contributed by atoms with Gasteiger partial charge in [0.1, 0.15) is 12.4 Å². The van der Waals surface area contributed by atoms with Gasteiger partial charge in [-0.1, -0.05) is 41.5 Å². The van der Waals surface area contributed by atoms with Crippen molar-refractivity contribution < 1.29 is 19.4 Å². The van der Waals surface area contributed by atoms with Crippen LogP contribution in [0.5, 0.6) is 5.75 Å². The van der Waals surface area contributed by atoms with Crippen LogP contribution in [0.15, 0.2) is 17.5 Å². The number of esters is 1. The number of aromatic hydroxyl groups is 1. The molecule has 2 aromatic rings. The molecule has 5 rings (SSSR count). The van der Waals surface area contributed by atoms with E-state index in [1.165, 1.54) is 37.0 Å². The normalized spacial score (nSPS) is 20.5. The number of amides is 1. The topological polar surface area (TPSA) is 91.8 Å². The molecule has 8 heteroatoms. The number of nitrogens with zero attached hydrogens (tertiary/aromatic N) is 2. The monoisotopic (exact) mass is 527 g/mol. The van der Waals surface area contributed by atoms with E-state index < -0.39 is 5.97 Å². The fraction of sp³-hybridized carbons (Fsp3) is 0.621. The number of thiazole rings is 1. The molecular formula is C29H41N3O4S. The van der Waals surface area contributed by atoms with Crippen molar-refractivity contribution in [3.8, 4) is 5.75 Å². The van der Waals surface area contributed by atoms with Gasteiger partial charge in [0, 0.05) is 41.7 Å². The highest BCUT2D eigenvalue weighted by molar-refractivity contribution is 7.14. The first kappa shape index (κ1) is 27.6. The van der Waals surface area contributed by atoms with Crippen LogP contribution in [-0.4, -0.2) is 53.1 Å². The third-order valence-electron chi connectivity index (χ3n) is 7.56. The van der Waals surface area contributed by atoms with Gasteiger partial charge in [0.05, 0.1) is 0 Å². The van der Waals surface area contributed by atoms with Crippen molar-refractivity contribution in [2.24, 2.45) is 11.8 Å². The number of ether oxygens (including phenoxy) is 1. The van der Waals surface area contributed by atoms with Gasteiger partial charge in [-0.25, -0.2) is 9.78 Å². The van der Waals surface area contributed by atoms with Crippen LogP contribution >= 0.6 is 11.3 Å². The number of rotatable bonds is 6. The first-order valence-corrected chi connectivity index (χ1v) is 14.2. The third kappa shape index (κ3) is 6.71. The highest BCUT2D eigenvalue weighted by Crippen LogP contribution is 2.40. The predicted octanol–water partition coefficient (Wildman–Crippen LogP) is 5.97. The summed E-state index contributed by atoms with van der Waals surface area (Å²) >= 11 is 1.19. The zero-order chi connectivity index (χ0) is 27.0. The van der Waals surface area contributed by atoms with Crippen LogP contribution < -0.4 is 5.32 Å². The Bertz CT molecular complexity index is 1090. The molecule has 1 aromatic carbocycles. The molecule has 3 heterocycles. The fourth-order valence-corrected chi connectivity index (χ4v) is 6.10. The summed E-state index contributed by atoms with van der Waals surface area (Å²) in [5.41, 5.74) is 1.39. The lowest BCUT2D eigenvalue weighted by atomic mass is 9.78. The summed E-state index contributed by atoms with van der Waals surface area (Å²) in [6, 6.07) is 3.47. The Labute approximate surface area is 224 Å². The lowest BCUT2D eigenvalue weighted by molar-refractivity contribution is 0.0451. The lowest BCUT2D eigenvalue weighted by Crippen LogP contribution is -2.32. The van der Waals surface area contributed by atoms with Crippen molar-refractivity contribution in [2.45, 2.75) is 78.1 Å². The summed E-state index contributed by atoms with van der Waals surface area (Å²) in [5.74, 6) is 0.993. The summed E-state index contributed by atoms with van der Waals surface area (Å²) in [6.45, 7) is 15.3. The minimum Gasteiger partial charge on any atom is -0.507 e. The summed E-state index contributed by atoms with van der Waals surface area (Å²) in [4.78, 5) is 32.5. The Balaban J connectivity index is 1.38. The summed E-state index contributed by atoms with van der Waals surface area (Å²) < 4.78 is 5.51. The maximum atomic E-state index is 13.1. The average molecular weight is 528 g/mol. The fourth-order valence-electron chi connectivity index (χ4n) is 5.43. The summed E-state index contributed by atoms with van der Waals surface area (Å²) in [6.07, 6.45) is 5.31. The Morgan fingerprint density at radius 2 is 1.57 bits per heavy atom. The Morgan fingerprint density at radius 1 is 1.03 bits per heavy atom. The number of hydrogen-bond acceptors (Lipinski definition) is 7. The molecule has 3 fully saturated rings. The van der Waals surface area contributed by atoms with E-state index in [0.29, 0.717) is 28.4 Å². The molecule has 2 bridgehead atoms. The van der Waals surface area contributed by atoms with E-state index in [2.05, 4.69) is 15.2 Å². The van der Waals surface area contributed by atoms with Gasteiger partial charge < -0.3 is 9.84 Å². The van der Waals surface area contributed by atoms with Crippen LogP contribution in [0.25, 0.3) is 0 Å². The van der Waals surface area contributed by atoms with Gasteiger partial charge in [0.15, 0.2) is 10.8 Å². The number of anilines is 1. The molecule has 0 spiro atoms. The molecule has 0 atom stereocenters. The third-order valence-corrected chi connectivity index (χ3v) is 8.32. The van der Waals surface area contributed by atoms with Crippen molar-refractivity contribution in [3.63, 3.8) is 0 Å². The molecule has 1 aliphatic carbocycles. The molecule has 1 aromatic heterocycles. The molecule has 2 aliphatic heterocycles. The average Bonchev–Trinajstić information content (AvgIpc) is 3.07. The van der Waals surface area contributed by atoms with E-state index in [1.54, 1.807) is 17.5 Å². The molecule has 37 heavy (non-hydrogen) atoms. The SMILES string of the molecule is CC(C)(C)c1cc(C(=O)Nc2nc(C(=O)OCCN3CC4CCC(CC4)C3)cs2)cc(C(C)(C)C)c1O. The highest BCUT2D eigenvalue weighted by atomic mass is 32.1.